The normalized spacial score (nSPS) is 19.3. The number of aliphatic hydroxyl groups excluding tert-OH is 1. The van der Waals surface area contributed by atoms with Gasteiger partial charge >= 0.3 is 0 Å². The van der Waals surface area contributed by atoms with Gasteiger partial charge in [-0.2, -0.15) is 0 Å². The fourth-order valence-electron chi connectivity index (χ4n) is 4.17. The highest BCUT2D eigenvalue weighted by atomic mass is 16.3. The SMILES string of the molecule is O=C(c1ccc(CN2CCc3ccccc3C2)cc1)N1CCC(O)(CO)CC1. The smallest absolute Gasteiger partial charge is 0.253 e. The molecule has 2 aliphatic heterocycles. The van der Waals surface area contributed by atoms with E-state index in [1.165, 1.54) is 16.7 Å². The number of amides is 1. The minimum atomic E-state index is -1.03. The summed E-state index contributed by atoms with van der Waals surface area (Å²) in [6, 6.07) is 16.5. The molecule has 5 nitrogen and oxygen atoms in total. The number of benzene rings is 2. The second-order valence-electron chi connectivity index (χ2n) is 8.10. The van der Waals surface area contributed by atoms with Gasteiger partial charge in [-0.05, 0) is 48.1 Å². The summed E-state index contributed by atoms with van der Waals surface area (Å²) >= 11 is 0. The number of fused-ring (bicyclic) bond motifs is 1. The number of hydrogen-bond acceptors (Lipinski definition) is 4. The second kappa shape index (κ2) is 8.03. The molecule has 28 heavy (non-hydrogen) atoms. The van der Waals surface area contributed by atoms with E-state index in [1.807, 2.05) is 24.3 Å². The minimum Gasteiger partial charge on any atom is -0.393 e. The number of likely N-dealkylation sites (tertiary alicyclic amines) is 1. The molecule has 0 aromatic heterocycles. The fourth-order valence-corrected chi connectivity index (χ4v) is 4.17. The Morgan fingerprint density at radius 1 is 0.964 bits per heavy atom. The number of carbonyl (C=O) groups is 1. The van der Waals surface area contributed by atoms with Crippen LogP contribution >= 0.6 is 0 Å². The summed E-state index contributed by atoms with van der Waals surface area (Å²) in [5.74, 6) is -0.00144. The van der Waals surface area contributed by atoms with E-state index in [2.05, 4.69) is 29.2 Å². The molecule has 0 radical (unpaired) electrons. The van der Waals surface area contributed by atoms with E-state index < -0.39 is 5.60 Å². The van der Waals surface area contributed by atoms with Crippen molar-refractivity contribution in [3.63, 3.8) is 0 Å². The lowest BCUT2D eigenvalue weighted by Crippen LogP contribution is -2.48. The fraction of sp³-hybridized carbons (Fsp3) is 0.435. The summed E-state index contributed by atoms with van der Waals surface area (Å²) in [6.07, 6.45) is 1.93. The number of nitrogens with zero attached hydrogens (tertiary/aromatic N) is 2. The van der Waals surface area contributed by atoms with Crippen molar-refractivity contribution in [1.82, 2.24) is 9.80 Å². The van der Waals surface area contributed by atoms with Crippen LogP contribution in [0.4, 0.5) is 0 Å². The molecular formula is C23H28N2O3. The van der Waals surface area contributed by atoms with Crippen LogP contribution in [-0.4, -0.2) is 57.8 Å². The first-order valence-electron chi connectivity index (χ1n) is 10.1. The van der Waals surface area contributed by atoms with Crippen LogP contribution in [0.3, 0.4) is 0 Å². The summed E-state index contributed by atoms with van der Waals surface area (Å²) < 4.78 is 0. The van der Waals surface area contributed by atoms with Crippen LogP contribution in [0.15, 0.2) is 48.5 Å². The highest BCUT2D eigenvalue weighted by molar-refractivity contribution is 5.94. The van der Waals surface area contributed by atoms with Crippen LogP contribution in [0.2, 0.25) is 0 Å². The van der Waals surface area contributed by atoms with Gasteiger partial charge < -0.3 is 15.1 Å². The van der Waals surface area contributed by atoms with Gasteiger partial charge in [0.1, 0.15) is 0 Å². The van der Waals surface area contributed by atoms with Crippen LogP contribution in [0.25, 0.3) is 0 Å². The molecule has 1 saturated heterocycles. The molecule has 0 bridgehead atoms. The lowest BCUT2D eigenvalue weighted by atomic mass is 9.92. The van der Waals surface area contributed by atoms with E-state index in [4.69, 9.17) is 0 Å². The van der Waals surface area contributed by atoms with Crippen molar-refractivity contribution in [2.45, 2.75) is 38.0 Å². The predicted octanol–water partition coefficient (Wildman–Crippen LogP) is 2.20. The number of rotatable bonds is 4. The Bertz CT molecular complexity index is 826. The van der Waals surface area contributed by atoms with Crippen LogP contribution in [0.1, 0.15) is 39.9 Å². The highest BCUT2D eigenvalue weighted by Crippen LogP contribution is 2.23. The molecule has 0 spiro atoms. The summed E-state index contributed by atoms with van der Waals surface area (Å²) in [4.78, 5) is 16.9. The van der Waals surface area contributed by atoms with Gasteiger partial charge in [0.15, 0.2) is 0 Å². The molecule has 5 heteroatoms. The molecule has 0 aliphatic carbocycles. The van der Waals surface area contributed by atoms with Crippen molar-refractivity contribution in [3.8, 4) is 0 Å². The topological polar surface area (TPSA) is 64.0 Å². The van der Waals surface area contributed by atoms with Gasteiger partial charge in [0.25, 0.3) is 5.91 Å². The first-order chi connectivity index (χ1) is 13.6. The summed E-state index contributed by atoms with van der Waals surface area (Å²) in [5, 5.41) is 19.4. The Balaban J connectivity index is 1.35. The Labute approximate surface area is 166 Å². The second-order valence-corrected chi connectivity index (χ2v) is 8.10. The van der Waals surface area contributed by atoms with Crippen molar-refractivity contribution >= 4 is 5.91 Å². The maximum absolute atomic E-state index is 12.7. The van der Waals surface area contributed by atoms with Crippen molar-refractivity contribution in [2.24, 2.45) is 0 Å². The first kappa shape index (κ1) is 19.1. The van der Waals surface area contributed by atoms with Gasteiger partial charge in [0.2, 0.25) is 0 Å². The van der Waals surface area contributed by atoms with E-state index in [0.717, 1.165) is 26.1 Å². The van der Waals surface area contributed by atoms with Gasteiger partial charge in [-0.15, -0.1) is 0 Å². The summed E-state index contributed by atoms with van der Waals surface area (Å²) in [7, 11) is 0. The quantitative estimate of drug-likeness (QED) is 0.854. The van der Waals surface area contributed by atoms with Gasteiger partial charge in [-0.25, -0.2) is 0 Å². The van der Waals surface area contributed by atoms with Gasteiger partial charge in [-0.1, -0.05) is 36.4 Å². The number of hydrogen-bond donors (Lipinski definition) is 2. The first-order valence-corrected chi connectivity index (χ1v) is 10.1. The molecule has 2 heterocycles. The molecule has 1 amide bonds. The molecule has 0 unspecified atom stereocenters. The van der Waals surface area contributed by atoms with E-state index in [1.54, 1.807) is 4.90 Å². The molecule has 2 aliphatic rings. The van der Waals surface area contributed by atoms with Gasteiger partial charge in [-0.3, -0.25) is 9.69 Å². The number of carbonyl (C=O) groups excluding carboxylic acids is 1. The Morgan fingerprint density at radius 3 is 2.32 bits per heavy atom. The molecule has 0 atom stereocenters. The zero-order valence-corrected chi connectivity index (χ0v) is 16.2. The minimum absolute atomic E-state index is 0.00144. The molecule has 1 fully saturated rings. The molecule has 2 aromatic carbocycles. The monoisotopic (exact) mass is 380 g/mol. The Hall–Kier alpha value is -2.21. The van der Waals surface area contributed by atoms with Crippen molar-refractivity contribution in [1.29, 1.82) is 0 Å². The highest BCUT2D eigenvalue weighted by Gasteiger charge is 2.33. The van der Waals surface area contributed by atoms with Crippen LogP contribution in [0, 0.1) is 0 Å². The van der Waals surface area contributed by atoms with Gasteiger partial charge in [0.05, 0.1) is 12.2 Å². The van der Waals surface area contributed by atoms with E-state index in [9.17, 15) is 15.0 Å². The molecular weight excluding hydrogens is 352 g/mol. The molecule has 148 valence electrons. The van der Waals surface area contributed by atoms with Crippen LogP contribution in [0.5, 0.6) is 0 Å². The third-order valence-corrected chi connectivity index (χ3v) is 6.09. The Morgan fingerprint density at radius 2 is 1.64 bits per heavy atom. The average Bonchev–Trinajstić information content (AvgIpc) is 2.74. The van der Waals surface area contributed by atoms with E-state index in [-0.39, 0.29) is 12.5 Å². The summed E-state index contributed by atoms with van der Waals surface area (Å²) in [5.41, 5.74) is 3.72. The van der Waals surface area contributed by atoms with E-state index >= 15 is 0 Å². The average molecular weight is 380 g/mol. The third kappa shape index (κ3) is 4.12. The van der Waals surface area contributed by atoms with Crippen LogP contribution in [-0.2, 0) is 19.5 Å². The third-order valence-electron chi connectivity index (χ3n) is 6.09. The van der Waals surface area contributed by atoms with Crippen molar-refractivity contribution in [2.75, 3.05) is 26.2 Å². The zero-order chi connectivity index (χ0) is 19.6. The molecule has 4 rings (SSSR count). The number of aliphatic hydroxyl groups is 2. The maximum Gasteiger partial charge on any atom is 0.253 e. The molecule has 2 aromatic rings. The van der Waals surface area contributed by atoms with Crippen molar-refractivity contribution in [3.05, 3.63) is 70.8 Å². The predicted molar refractivity (Wildman–Crippen MR) is 108 cm³/mol. The molecule has 0 saturated carbocycles. The largest absolute Gasteiger partial charge is 0.393 e. The summed E-state index contributed by atoms with van der Waals surface area (Å²) in [6.45, 7) is 3.62. The standard InChI is InChI=1S/C23H28N2O3/c26-17-23(28)10-13-25(14-11-23)22(27)20-7-5-18(6-8-20)15-24-12-9-19-3-1-2-4-21(19)16-24/h1-8,26,28H,9-17H2. The van der Waals surface area contributed by atoms with Gasteiger partial charge in [0, 0.05) is 38.3 Å². The Kier molecular flexibility index (Phi) is 5.49. The van der Waals surface area contributed by atoms with Crippen molar-refractivity contribution < 1.29 is 15.0 Å². The molecule has 2 N–H and O–H groups in total. The maximum atomic E-state index is 12.7. The number of piperidine rings is 1. The lowest BCUT2D eigenvalue weighted by Gasteiger charge is -2.37. The van der Waals surface area contributed by atoms with E-state index in [0.29, 0.717) is 31.5 Å². The zero-order valence-electron chi connectivity index (χ0n) is 16.2. The lowest BCUT2D eigenvalue weighted by molar-refractivity contribution is -0.0546. The van der Waals surface area contributed by atoms with Crippen LogP contribution < -0.4 is 0 Å².